The minimum absolute atomic E-state index is 0.288. The second kappa shape index (κ2) is 2.86. The van der Waals surface area contributed by atoms with Gasteiger partial charge < -0.3 is 0 Å². The van der Waals surface area contributed by atoms with Crippen LogP contribution in [0.5, 0.6) is 0 Å². The van der Waals surface area contributed by atoms with Crippen LogP contribution in [0.4, 0.5) is 10.1 Å². The van der Waals surface area contributed by atoms with Crippen molar-refractivity contribution in [3.05, 3.63) is 28.1 Å². The summed E-state index contributed by atoms with van der Waals surface area (Å²) in [7, 11) is 0. The van der Waals surface area contributed by atoms with Crippen molar-refractivity contribution < 1.29 is 9.31 Å². The van der Waals surface area contributed by atoms with Gasteiger partial charge in [-0.1, -0.05) is 0 Å². The zero-order valence-corrected chi connectivity index (χ0v) is 7.81. The van der Waals surface area contributed by atoms with E-state index < -0.39 is 16.4 Å². The summed E-state index contributed by atoms with van der Waals surface area (Å²) in [4.78, 5) is 9.55. The van der Waals surface area contributed by atoms with E-state index in [0.717, 1.165) is 12.1 Å². The summed E-state index contributed by atoms with van der Waals surface area (Å²) in [6, 6.07) is 2.16. The third-order valence-electron chi connectivity index (χ3n) is 1.52. The number of nitrogens with zero attached hydrogens (tertiary/aromatic N) is 3. The second-order valence-corrected chi connectivity index (χ2v) is 3.42. The standard InChI is InChI=1S/C6H2FN3O2Se/c7-3-1-4-5(9-13-8-4)2-6(3)10(11)12/h1-2H. The molecular formula is C6H2FN3O2Se. The van der Waals surface area contributed by atoms with E-state index in [1.54, 1.807) is 0 Å². The Morgan fingerprint density at radius 1 is 1.38 bits per heavy atom. The van der Waals surface area contributed by atoms with Crippen LogP contribution in [0.1, 0.15) is 0 Å². The molecule has 0 unspecified atom stereocenters. The number of fused-ring (bicyclic) bond motifs is 1. The van der Waals surface area contributed by atoms with E-state index in [0.29, 0.717) is 11.0 Å². The molecule has 0 amide bonds. The number of nitro benzene ring substituents is 1. The van der Waals surface area contributed by atoms with Crippen LogP contribution in [0, 0.1) is 15.9 Å². The van der Waals surface area contributed by atoms with Gasteiger partial charge in [0.2, 0.25) is 0 Å². The monoisotopic (exact) mass is 247 g/mol. The van der Waals surface area contributed by atoms with Crippen molar-refractivity contribution in [2.45, 2.75) is 0 Å². The first-order valence-electron chi connectivity index (χ1n) is 3.24. The number of rotatable bonds is 1. The fraction of sp³-hybridized carbons (Fsp3) is 0. The Balaban J connectivity index is 2.76. The van der Waals surface area contributed by atoms with E-state index in [2.05, 4.69) is 7.96 Å². The van der Waals surface area contributed by atoms with Gasteiger partial charge in [0.25, 0.3) is 0 Å². The van der Waals surface area contributed by atoms with Crippen LogP contribution in [-0.2, 0) is 0 Å². The predicted octanol–water partition coefficient (Wildman–Crippen LogP) is 0.734. The van der Waals surface area contributed by atoms with Gasteiger partial charge in [0, 0.05) is 0 Å². The van der Waals surface area contributed by atoms with E-state index in [4.69, 9.17) is 0 Å². The molecule has 2 rings (SSSR count). The third kappa shape index (κ3) is 1.32. The summed E-state index contributed by atoms with van der Waals surface area (Å²) < 4.78 is 20.8. The molecule has 0 fully saturated rings. The van der Waals surface area contributed by atoms with Crippen molar-refractivity contribution in [2.75, 3.05) is 0 Å². The van der Waals surface area contributed by atoms with Crippen LogP contribution < -0.4 is 0 Å². The zero-order valence-electron chi connectivity index (χ0n) is 6.10. The number of aromatic nitrogens is 2. The molecule has 0 aliphatic heterocycles. The van der Waals surface area contributed by atoms with Gasteiger partial charge in [-0.05, 0) is 0 Å². The zero-order chi connectivity index (χ0) is 9.42. The van der Waals surface area contributed by atoms with Crippen LogP contribution >= 0.6 is 0 Å². The average molecular weight is 246 g/mol. The molecule has 66 valence electrons. The number of benzene rings is 1. The van der Waals surface area contributed by atoms with E-state index in [1.807, 2.05) is 0 Å². The van der Waals surface area contributed by atoms with Crippen molar-refractivity contribution >= 4 is 31.7 Å². The van der Waals surface area contributed by atoms with Gasteiger partial charge in [-0.3, -0.25) is 0 Å². The molecule has 13 heavy (non-hydrogen) atoms. The Hall–Kier alpha value is -1.33. The summed E-state index contributed by atoms with van der Waals surface area (Å²) in [5.41, 5.74) is 0.270. The van der Waals surface area contributed by atoms with Crippen LogP contribution in [0.3, 0.4) is 0 Å². The van der Waals surface area contributed by atoms with Crippen molar-refractivity contribution in [1.82, 2.24) is 7.96 Å². The van der Waals surface area contributed by atoms with Crippen molar-refractivity contribution in [3.8, 4) is 0 Å². The fourth-order valence-electron chi connectivity index (χ4n) is 0.935. The summed E-state index contributed by atoms with van der Waals surface area (Å²) in [5, 5.41) is 10.3. The fourth-order valence-corrected chi connectivity index (χ4v) is 2.00. The molecular weight excluding hydrogens is 244 g/mol. The van der Waals surface area contributed by atoms with Crippen molar-refractivity contribution in [2.24, 2.45) is 0 Å². The van der Waals surface area contributed by atoms with E-state index in [1.165, 1.54) is 0 Å². The Kier molecular flexibility index (Phi) is 1.82. The van der Waals surface area contributed by atoms with Gasteiger partial charge in [0.1, 0.15) is 0 Å². The van der Waals surface area contributed by atoms with Crippen molar-refractivity contribution in [3.63, 3.8) is 0 Å². The van der Waals surface area contributed by atoms with Gasteiger partial charge >= 0.3 is 77.0 Å². The van der Waals surface area contributed by atoms with Gasteiger partial charge in [0.05, 0.1) is 0 Å². The topological polar surface area (TPSA) is 68.9 Å². The summed E-state index contributed by atoms with van der Waals surface area (Å²) in [5.74, 6) is -0.861. The quantitative estimate of drug-likeness (QED) is 0.422. The second-order valence-electron chi connectivity index (χ2n) is 2.31. The third-order valence-corrected chi connectivity index (χ3v) is 2.69. The number of nitro groups is 1. The SMILES string of the molecule is O=[N+]([O-])c1cc2n[se]nc2cc1F. The van der Waals surface area contributed by atoms with Gasteiger partial charge in [-0.15, -0.1) is 0 Å². The first-order valence-corrected chi connectivity index (χ1v) is 4.78. The Morgan fingerprint density at radius 3 is 2.62 bits per heavy atom. The maximum absolute atomic E-state index is 13.0. The number of hydrogen-bond donors (Lipinski definition) is 0. The molecule has 0 radical (unpaired) electrons. The van der Waals surface area contributed by atoms with Gasteiger partial charge in [0.15, 0.2) is 0 Å². The Bertz CT molecular complexity index is 484. The first-order chi connectivity index (χ1) is 6.18. The average Bonchev–Trinajstić information content (AvgIpc) is 2.48. The molecule has 0 saturated carbocycles. The van der Waals surface area contributed by atoms with E-state index in [9.17, 15) is 14.5 Å². The van der Waals surface area contributed by atoms with Crippen LogP contribution in [0.15, 0.2) is 12.1 Å². The molecule has 5 nitrogen and oxygen atoms in total. The number of hydrogen-bond acceptors (Lipinski definition) is 4. The molecule has 1 aromatic carbocycles. The molecule has 7 heteroatoms. The summed E-state index contributed by atoms with van der Waals surface area (Å²) in [6.45, 7) is 0. The molecule has 0 bridgehead atoms. The Morgan fingerprint density at radius 2 is 2.00 bits per heavy atom. The molecule has 0 spiro atoms. The summed E-state index contributed by atoms with van der Waals surface area (Å²) >= 11 is -0.288. The summed E-state index contributed by atoms with van der Waals surface area (Å²) in [6.07, 6.45) is 0. The molecule has 0 aliphatic carbocycles. The van der Waals surface area contributed by atoms with Crippen LogP contribution in [0.25, 0.3) is 11.0 Å². The normalized spacial score (nSPS) is 10.5. The van der Waals surface area contributed by atoms with E-state index >= 15 is 0 Å². The Labute approximate surface area is 77.6 Å². The van der Waals surface area contributed by atoms with E-state index in [-0.39, 0.29) is 15.0 Å². The molecule has 2 aromatic rings. The molecule has 0 aliphatic rings. The molecule has 1 aromatic heterocycles. The van der Waals surface area contributed by atoms with Crippen LogP contribution in [-0.4, -0.2) is 27.8 Å². The van der Waals surface area contributed by atoms with Gasteiger partial charge in [-0.2, -0.15) is 0 Å². The van der Waals surface area contributed by atoms with Crippen LogP contribution in [0.2, 0.25) is 0 Å². The number of halogens is 1. The maximum atomic E-state index is 13.0. The van der Waals surface area contributed by atoms with Gasteiger partial charge in [-0.25, -0.2) is 0 Å². The molecule has 1 heterocycles. The minimum atomic E-state index is -0.861. The molecule has 0 saturated heterocycles. The van der Waals surface area contributed by atoms with Crippen molar-refractivity contribution in [1.29, 1.82) is 0 Å². The molecule has 0 N–H and O–H groups in total. The first kappa shape index (κ1) is 8.28. The predicted molar refractivity (Wildman–Crippen MR) is 43.1 cm³/mol. The molecule has 0 atom stereocenters.